The highest BCUT2D eigenvalue weighted by Crippen LogP contribution is 2.17. The molecule has 8 nitrogen and oxygen atoms in total. The van der Waals surface area contributed by atoms with Crippen LogP contribution in [0.2, 0.25) is 0 Å². The Hall–Kier alpha value is -2.90. The number of ether oxygens (including phenoxy) is 1. The van der Waals surface area contributed by atoms with E-state index in [0.29, 0.717) is 11.3 Å². The zero-order valence-corrected chi connectivity index (χ0v) is 13.9. The van der Waals surface area contributed by atoms with Crippen LogP contribution >= 0.6 is 0 Å². The van der Waals surface area contributed by atoms with Gasteiger partial charge in [0.05, 0.1) is 6.21 Å². The highest BCUT2D eigenvalue weighted by molar-refractivity contribution is 6.35. The molecule has 25 heavy (non-hydrogen) atoms. The lowest BCUT2D eigenvalue weighted by molar-refractivity contribution is -0.139. The Balaban J connectivity index is 1.76. The van der Waals surface area contributed by atoms with Crippen molar-refractivity contribution in [2.24, 2.45) is 10.8 Å². The first-order valence-electron chi connectivity index (χ1n) is 8.19. The number of carbonyl (C=O) groups is 3. The Labute approximate surface area is 145 Å². The van der Waals surface area contributed by atoms with E-state index in [2.05, 4.69) is 15.8 Å². The number of hydrogen-bond acceptors (Lipinski definition) is 5. The van der Waals surface area contributed by atoms with E-state index >= 15 is 0 Å². The molecule has 0 heterocycles. The molecule has 1 aliphatic carbocycles. The van der Waals surface area contributed by atoms with Gasteiger partial charge in [-0.15, -0.1) is 0 Å². The van der Waals surface area contributed by atoms with Crippen molar-refractivity contribution in [3.63, 3.8) is 0 Å². The quantitative estimate of drug-likeness (QED) is 0.393. The molecule has 1 aliphatic rings. The van der Waals surface area contributed by atoms with Crippen LogP contribution in [0, 0.1) is 0 Å². The second-order valence-corrected chi connectivity index (χ2v) is 5.83. The summed E-state index contributed by atoms with van der Waals surface area (Å²) in [5.74, 6) is -1.52. The van der Waals surface area contributed by atoms with Crippen molar-refractivity contribution in [3.05, 3.63) is 29.8 Å². The summed E-state index contributed by atoms with van der Waals surface area (Å²) in [5, 5.41) is 6.48. The second kappa shape index (κ2) is 9.41. The van der Waals surface area contributed by atoms with E-state index in [9.17, 15) is 14.4 Å². The van der Waals surface area contributed by atoms with Gasteiger partial charge in [-0.2, -0.15) is 5.10 Å². The molecule has 4 N–H and O–H groups in total. The maximum absolute atomic E-state index is 11.8. The van der Waals surface area contributed by atoms with Crippen LogP contribution in [0.25, 0.3) is 0 Å². The van der Waals surface area contributed by atoms with E-state index in [1.165, 1.54) is 12.6 Å². The molecule has 1 aromatic rings. The molecule has 134 valence electrons. The van der Waals surface area contributed by atoms with Gasteiger partial charge in [-0.3, -0.25) is 14.4 Å². The van der Waals surface area contributed by atoms with Crippen LogP contribution in [0.15, 0.2) is 29.4 Å². The molecular weight excluding hydrogens is 324 g/mol. The summed E-state index contributed by atoms with van der Waals surface area (Å²) in [5.41, 5.74) is 7.88. The molecule has 0 radical (unpaired) electrons. The Kier molecular flexibility index (Phi) is 6.94. The third-order valence-corrected chi connectivity index (χ3v) is 3.79. The van der Waals surface area contributed by atoms with E-state index in [4.69, 9.17) is 10.5 Å². The second-order valence-electron chi connectivity index (χ2n) is 5.83. The SMILES string of the molecule is NC(=O)COc1ccc(/C=N\NC(=O)C(=O)NC2CCCCC2)cc1. The fraction of sp³-hybridized carbons (Fsp3) is 0.412. The Bertz CT molecular complexity index is 637. The Morgan fingerprint density at radius 1 is 1.12 bits per heavy atom. The highest BCUT2D eigenvalue weighted by atomic mass is 16.5. The van der Waals surface area contributed by atoms with Gasteiger partial charge in [0, 0.05) is 6.04 Å². The molecule has 8 heteroatoms. The molecule has 3 amide bonds. The van der Waals surface area contributed by atoms with Crippen LogP contribution in [0.4, 0.5) is 0 Å². The number of primary amides is 1. The van der Waals surface area contributed by atoms with Gasteiger partial charge in [-0.05, 0) is 42.7 Å². The van der Waals surface area contributed by atoms with Gasteiger partial charge >= 0.3 is 11.8 Å². The Morgan fingerprint density at radius 2 is 1.80 bits per heavy atom. The minimum Gasteiger partial charge on any atom is -0.484 e. The van der Waals surface area contributed by atoms with Crippen molar-refractivity contribution < 1.29 is 19.1 Å². The summed E-state index contributed by atoms with van der Waals surface area (Å²) in [6.45, 7) is -0.195. The van der Waals surface area contributed by atoms with E-state index in [1.54, 1.807) is 24.3 Å². The van der Waals surface area contributed by atoms with Crippen LogP contribution in [0.5, 0.6) is 5.75 Å². The maximum Gasteiger partial charge on any atom is 0.329 e. The molecule has 1 aromatic carbocycles. The van der Waals surface area contributed by atoms with Gasteiger partial charge in [0.25, 0.3) is 5.91 Å². The lowest BCUT2D eigenvalue weighted by atomic mass is 9.95. The summed E-state index contributed by atoms with van der Waals surface area (Å²) < 4.78 is 5.13. The number of rotatable bonds is 6. The maximum atomic E-state index is 11.8. The van der Waals surface area contributed by atoms with Gasteiger partial charge < -0.3 is 15.8 Å². The van der Waals surface area contributed by atoms with Crippen LogP contribution in [0.1, 0.15) is 37.7 Å². The first-order valence-corrected chi connectivity index (χ1v) is 8.19. The largest absolute Gasteiger partial charge is 0.484 e. The molecule has 1 saturated carbocycles. The third-order valence-electron chi connectivity index (χ3n) is 3.79. The first kappa shape index (κ1) is 18.4. The average Bonchev–Trinajstić information content (AvgIpc) is 2.61. The van der Waals surface area contributed by atoms with Gasteiger partial charge in [-0.25, -0.2) is 5.43 Å². The summed E-state index contributed by atoms with van der Waals surface area (Å²) in [6, 6.07) is 6.73. The molecule has 2 rings (SSSR count). The predicted molar refractivity (Wildman–Crippen MR) is 91.9 cm³/mol. The molecule has 0 bridgehead atoms. The van der Waals surface area contributed by atoms with Crippen molar-refractivity contribution in [1.29, 1.82) is 0 Å². The number of hydrazone groups is 1. The van der Waals surface area contributed by atoms with E-state index in [0.717, 1.165) is 25.7 Å². The predicted octanol–water partition coefficient (Wildman–Crippen LogP) is 0.450. The molecule has 1 fully saturated rings. The lowest BCUT2D eigenvalue weighted by Gasteiger charge is -2.22. The van der Waals surface area contributed by atoms with Crippen molar-refractivity contribution in [2.45, 2.75) is 38.1 Å². The van der Waals surface area contributed by atoms with Crippen LogP contribution in [-0.4, -0.2) is 36.6 Å². The highest BCUT2D eigenvalue weighted by Gasteiger charge is 2.19. The molecular formula is C17H22N4O4. The number of hydrogen-bond donors (Lipinski definition) is 3. The fourth-order valence-corrected chi connectivity index (χ4v) is 2.52. The molecule has 0 atom stereocenters. The van der Waals surface area contributed by atoms with Gasteiger partial charge in [-0.1, -0.05) is 19.3 Å². The number of nitrogens with one attached hydrogen (secondary N) is 2. The summed E-state index contributed by atoms with van der Waals surface area (Å²) in [7, 11) is 0. The minimum absolute atomic E-state index is 0.0731. The first-order chi connectivity index (χ1) is 12.0. The Morgan fingerprint density at radius 3 is 2.44 bits per heavy atom. The van der Waals surface area contributed by atoms with Gasteiger partial charge in [0.2, 0.25) is 0 Å². The lowest BCUT2D eigenvalue weighted by Crippen LogP contribution is -2.44. The van der Waals surface area contributed by atoms with Crippen molar-refractivity contribution in [2.75, 3.05) is 6.61 Å². The summed E-state index contributed by atoms with van der Waals surface area (Å²) >= 11 is 0. The molecule has 0 spiro atoms. The monoisotopic (exact) mass is 346 g/mol. The average molecular weight is 346 g/mol. The molecule has 0 unspecified atom stereocenters. The number of amides is 3. The zero-order valence-electron chi connectivity index (χ0n) is 13.9. The summed E-state index contributed by atoms with van der Waals surface area (Å²) in [4.78, 5) is 34.1. The number of benzene rings is 1. The standard InChI is InChI=1S/C17H22N4O4/c18-15(22)11-25-14-8-6-12(7-9-14)10-19-21-17(24)16(23)20-13-4-2-1-3-5-13/h6-10,13H,1-5,11H2,(H2,18,22)(H,20,23)(H,21,24)/b19-10-. The fourth-order valence-electron chi connectivity index (χ4n) is 2.52. The van der Waals surface area contributed by atoms with E-state index < -0.39 is 17.7 Å². The van der Waals surface area contributed by atoms with Crippen LogP contribution in [0.3, 0.4) is 0 Å². The van der Waals surface area contributed by atoms with Crippen molar-refractivity contribution >= 4 is 23.9 Å². The van der Waals surface area contributed by atoms with E-state index in [1.807, 2.05) is 0 Å². The smallest absolute Gasteiger partial charge is 0.329 e. The van der Waals surface area contributed by atoms with Gasteiger partial charge in [0.15, 0.2) is 6.61 Å². The third kappa shape index (κ3) is 6.62. The summed E-state index contributed by atoms with van der Waals surface area (Å²) in [6.07, 6.45) is 6.55. The van der Waals surface area contributed by atoms with Crippen molar-refractivity contribution in [3.8, 4) is 5.75 Å². The molecule has 0 aliphatic heterocycles. The zero-order chi connectivity index (χ0) is 18.1. The topological polar surface area (TPSA) is 123 Å². The number of nitrogens with zero attached hydrogens (tertiary/aromatic N) is 1. The van der Waals surface area contributed by atoms with Gasteiger partial charge in [0.1, 0.15) is 5.75 Å². The normalized spacial score (nSPS) is 14.9. The van der Waals surface area contributed by atoms with Crippen LogP contribution in [-0.2, 0) is 14.4 Å². The number of carbonyl (C=O) groups excluding carboxylic acids is 3. The van der Waals surface area contributed by atoms with E-state index in [-0.39, 0.29) is 12.6 Å². The van der Waals surface area contributed by atoms with Crippen LogP contribution < -0.4 is 21.2 Å². The minimum atomic E-state index is -0.789. The molecule has 0 saturated heterocycles. The number of nitrogens with two attached hydrogens (primary N) is 1. The molecule has 0 aromatic heterocycles. The van der Waals surface area contributed by atoms with Crippen molar-refractivity contribution in [1.82, 2.24) is 10.7 Å².